The Labute approximate surface area is 260 Å². The zero-order chi connectivity index (χ0) is 31.5. The Bertz CT molecular complexity index is 1630. The number of nitrogens with zero attached hydrogens (tertiary/aromatic N) is 3. The summed E-state index contributed by atoms with van der Waals surface area (Å²) >= 11 is 0. The van der Waals surface area contributed by atoms with Crippen LogP contribution in [0.4, 0.5) is 4.79 Å². The molecule has 3 aromatic rings. The van der Waals surface area contributed by atoms with Gasteiger partial charge in [-0.25, -0.2) is 15.1 Å². The van der Waals surface area contributed by atoms with Crippen molar-refractivity contribution in [1.29, 1.82) is 0 Å². The maximum absolute atomic E-state index is 13.8. The van der Waals surface area contributed by atoms with Crippen LogP contribution in [0.3, 0.4) is 0 Å². The number of nitrogens with one attached hydrogen (secondary N) is 2. The van der Waals surface area contributed by atoms with Gasteiger partial charge in [0, 0.05) is 61.4 Å². The van der Waals surface area contributed by atoms with E-state index in [9.17, 15) is 19.2 Å². The standard InChI is InChI=1S/C33H37N5O7/c1-3-28(39)34-14-6-15-37-32(41)25-19-36(33(37)42)20-27-30(25)24-17-23(43-2)12-13-26(24)38(27)18-21-8-10-22(11-9-21)31(40)35-45-29-7-4-5-16-44-29/h3,8-13,17,25,29H,1,4-7,14-16,18-20H2,2H3,(H,34,39)(H,35,40). The van der Waals surface area contributed by atoms with Crippen molar-refractivity contribution in [3.63, 3.8) is 0 Å². The summed E-state index contributed by atoms with van der Waals surface area (Å²) in [5.74, 6) is -0.739. The first-order chi connectivity index (χ1) is 21.9. The molecule has 2 atom stereocenters. The molecule has 45 heavy (non-hydrogen) atoms. The van der Waals surface area contributed by atoms with Gasteiger partial charge in [0.05, 0.1) is 19.6 Å². The van der Waals surface area contributed by atoms with E-state index in [0.29, 0.717) is 50.5 Å². The molecule has 2 fully saturated rings. The largest absolute Gasteiger partial charge is 0.497 e. The van der Waals surface area contributed by atoms with Crippen LogP contribution >= 0.6 is 0 Å². The number of hydrogen-bond acceptors (Lipinski definition) is 7. The summed E-state index contributed by atoms with van der Waals surface area (Å²) < 4.78 is 13.2. The fraction of sp³-hybridized carbons (Fsp3) is 0.394. The van der Waals surface area contributed by atoms with Crippen LogP contribution in [0, 0.1) is 0 Å². The second kappa shape index (κ2) is 13.1. The van der Waals surface area contributed by atoms with Gasteiger partial charge >= 0.3 is 6.03 Å². The normalized spacial score (nSPS) is 19.3. The van der Waals surface area contributed by atoms with Gasteiger partial charge in [0.1, 0.15) is 5.75 Å². The smallest absolute Gasteiger partial charge is 0.327 e. The highest BCUT2D eigenvalue weighted by Gasteiger charge is 2.45. The van der Waals surface area contributed by atoms with Gasteiger partial charge in [-0.05, 0) is 66.8 Å². The first-order valence-electron chi connectivity index (χ1n) is 15.2. The van der Waals surface area contributed by atoms with E-state index in [2.05, 4.69) is 21.9 Å². The molecular weight excluding hydrogens is 578 g/mol. The molecule has 2 aromatic carbocycles. The minimum Gasteiger partial charge on any atom is -0.497 e. The van der Waals surface area contributed by atoms with Crippen LogP contribution in [0.25, 0.3) is 10.9 Å². The molecule has 0 aliphatic carbocycles. The summed E-state index contributed by atoms with van der Waals surface area (Å²) in [6.45, 7) is 5.73. The van der Waals surface area contributed by atoms with E-state index in [1.165, 1.54) is 11.0 Å². The molecule has 6 rings (SSSR count). The maximum atomic E-state index is 13.8. The average molecular weight is 616 g/mol. The number of hydrogen-bond donors (Lipinski definition) is 2. The van der Waals surface area contributed by atoms with E-state index < -0.39 is 12.2 Å². The number of fused-ring (bicyclic) bond motifs is 6. The topological polar surface area (TPSA) is 131 Å². The zero-order valence-corrected chi connectivity index (χ0v) is 25.3. The number of amides is 5. The summed E-state index contributed by atoms with van der Waals surface area (Å²) in [6, 6.07) is 12.8. The summed E-state index contributed by atoms with van der Waals surface area (Å²) in [5.41, 5.74) is 6.63. The number of methoxy groups -OCH3 is 1. The van der Waals surface area contributed by atoms with Crippen LogP contribution < -0.4 is 15.5 Å². The van der Waals surface area contributed by atoms with Crippen LogP contribution in [-0.4, -0.2) is 77.8 Å². The van der Waals surface area contributed by atoms with Gasteiger partial charge in [0.25, 0.3) is 5.91 Å². The van der Waals surface area contributed by atoms with Gasteiger partial charge in [-0.15, -0.1) is 0 Å². The molecular formula is C33H37N5O7. The Balaban J connectivity index is 1.24. The Hall–Kier alpha value is -4.68. The molecule has 3 aliphatic heterocycles. The van der Waals surface area contributed by atoms with Gasteiger partial charge in [-0.2, -0.15) is 0 Å². The molecule has 12 heteroatoms. The summed E-state index contributed by atoms with van der Waals surface area (Å²) in [6.07, 6.45) is 3.92. The molecule has 0 saturated carbocycles. The first-order valence-corrected chi connectivity index (χ1v) is 15.2. The third-order valence-electron chi connectivity index (χ3n) is 8.60. The molecule has 4 heterocycles. The highest BCUT2D eigenvalue weighted by molar-refractivity contribution is 6.04. The number of urea groups is 1. The maximum Gasteiger partial charge on any atom is 0.327 e. The third-order valence-corrected chi connectivity index (χ3v) is 8.60. The molecule has 2 unspecified atom stereocenters. The zero-order valence-electron chi connectivity index (χ0n) is 25.3. The molecule has 2 bridgehead atoms. The fourth-order valence-corrected chi connectivity index (χ4v) is 6.29. The number of carbonyl (C=O) groups is 4. The van der Waals surface area contributed by atoms with Crippen LogP contribution in [-0.2, 0) is 32.3 Å². The van der Waals surface area contributed by atoms with Gasteiger partial charge in [0.15, 0.2) is 6.29 Å². The van der Waals surface area contributed by atoms with Crippen molar-refractivity contribution >= 4 is 34.7 Å². The lowest BCUT2D eigenvalue weighted by Gasteiger charge is -2.42. The van der Waals surface area contributed by atoms with E-state index in [1.54, 1.807) is 24.1 Å². The SMILES string of the molecule is C=CC(=O)NCCCN1C(=O)C2CN(Cc3c2c2cc(OC)ccc2n3Cc2ccc(C(=O)NOC3CCCCO3)cc2)C1=O. The van der Waals surface area contributed by atoms with Crippen molar-refractivity contribution in [2.45, 2.75) is 51.0 Å². The van der Waals surface area contributed by atoms with Crippen LogP contribution in [0.2, 0.25) is 0 Å². The highest BCUT2D eigenvalue weighted by Crippen LogP contribution is 2.42. The van der Waals surface area contributed by atoms with Crippen molar-refractivity contribution in [2.24, 2.45) is 0 Å². The molecule has 1 aromatic heterocycles. The predicted molar refractivity (Wildman–Crippen MR) is 164 cm³/mol. The Kier molecular flexibility index (Phi) is 8.85. The lowest BCUT2D eigenvalue weighted by atomic mass is 9.88. The summed E-state index contributed by atoms with van der Waals surface area (Å²) in [5, 5.41) is 3.60. The van der Waals surface area contributed by atoms with Gasteiger partial charge in [-0.3, -0.25) is 19.3 Å². The Morgan fingerprint density at radius 1 is 1.13 bits per heavy atom. The minimum absolute atomic E-state index is 0.206. The average Bonchev–Trinajstić information content (AvgIpc) is 3.38. The lowest BCUT2D eigenvalue weighted by molar-refractivity contribution is -0.186. The molecule has 5 amide bonds. The monoisotopic (exact) mass is 615 g/mol. The number of benzene rings is 2. The van der Waals surface area contributed by atoms with Crippen molar-refractivity contribution in [2.75, 3.05) is 33.4 Å². The number of imide groups is 1. The summed E-state index contributed by atoms with van der Waals surface area (Å²) in [7, 11) is 1.61. The quantitative estimate of drug-likeness (QED) is 0.192. The summed E-state index contributed by atoms with van der Waals surface area (Å²) in [4.78, 5) is 59.8. The van der Waals surface area contributed by atoms with Crippen LogP contribution in [0.15, 0.2) is 55.1 Å². The van der Waals surface area contributed by atoms with Crippen molar-refractivity contribution in [1.82, 2.24) is 25.2 Å². The predicted octanol–water partition coefficient (Wildman–Crippen LogP) is 3.44. The van der Waals surface area contributed by atoms with E-state index >= 15 is 0 Å². The molecule has 0 radical (unpaired) electrons. The van der Waals surface area contributed by atoms with Crippen LogP contribution in [0.1, 0.15) is 58.8 Å². The second-order valence-electron chi connectivity index (χ2n) is 11.4. The fourth-order valence-electron chi connectivity index (χ4n) is 6.29. The number of carbonyl (C=O) groups excluding carboxylic acids is 4. The molecule has 3 aliphatic rings. The number of hydroxylamine groups is 1. The minimum atomic E-state index is -0.524. The molecule has 12 nitrogen and oxygen atoms in total. The van der Waals surface area contributed by atoms with E-state index in [-0.39, 0.29) is 30.3 Å². The molecule has 2 N–H and O–H groups in total. The van der Waals surface area contributed by atoms with Gasteiger partial charge < -0.3 is 24.3 Å². The number of aromatic nitrogens is 1. The lowest BCUT2D eigenvalue weighted by Crippen LogP contribution is -2.58. The van der Waals surface area contributed by atoms with Gasteiger partial charge in [0.2, 0.25) is 11.8 Å². The second-order valence-corrected chi connectivity index (χ2v) is 11.4. The van der Waals surface area contributed by atoms with E-state index in [0.717, 1.165) is 47.0 Å². The molecule has 0 spiro atoms. The van der Waals surface area contributed by atoms with Crippen LogP contribution in [0.5, 0.6) is 5.75 Å². The molecule has 236 valence electrons. The van der Waals surface area contributed by atoms with Crippen molar-refractivity contribution in [3.05, 3.63) is 77.5 Å². The number of ether oxygens (including phenoxy) is 2. The Morgan fingerprint density at radius 3 is 2.69 bits per heavy atom. The van der Waals surface area contributed by atoms with Crippen molar-refractivity contribution < 1.29 is 33.5 Å². The third kappa shape index (κ3) is 6.16. The highest BCUT2D eigenvalue weighted by atomic mass is 16.8. The molecule has 2 saturated heterocycles. The first kappa shape index (κ1) is 30.4. The van der Waals surface area contributed by atoms with Gasteiger partial charge in [-0.1, -0.05) is 18.7 Å². The van der Waals surface area contributed by atoms with E-state index in [4.69, 9.17) is 14.3 Å². The number of rotatable bonds is 11. The van der Waals surface area contributed by atoms with E-state index in [1.807, 2.05) is 30.3 Å². The Morgan fingerprint density at radius 2 is 1.96 bits per heavy atom. The van der Waals surface area contributed by atoms with Crippen molar-refractivity contribution in [3.8, 4) is 5.75 Å².